The molecule has 5 N–H and O–H groups in total. The predicted octanol–water partition coefficient (Wildman–Crippen LogP) is -1.57. The Morgan fingerprint density at radius 2 is 1.56 bits per heavy atom. The molecule has 0 aliphatic carbocycles. The molecule has 56 valence electrons. The third kappa shape index (κ3) is 8.23. The van der Waals surface area contributed by atoms with E-state index in [1.54, 1.807) is 0 Å². The van der Waals surface area contributed by atoms with Gasteiger partial charge in [-0.25, -0.2) is 0 Å². The van der Waals surface area contributed by atoms with E-state index < -0.39 is 14.2 Å². The molecule has 0 fully saturated rings. The molecule has 0 aromatic carbocycles. The molecule has 0 aliphatic rings. The molecule has 0 unspecified atom stereocenters. The van der Waals surface area contributed by atoms with Crippen LogP contribution < -0.4 is 0 Å². The number of hydrogen-bond acceptors (Lipinski definition) is 5. The molecule has 0 rings (SSSR count). The molecule has 0 radical (unpaired) electrons. The lowest BCUT2D eigenvalue weighted by Crippen LogP contribution is -2.08. The van der Waals surface area contributed by atoms with E-state index in [2.05, 4.69) is 0 Å². The van der Waals surface area contributed by atoms with Crippen molar-refractivity contribution in [3.05, 3.63) is 0 Å². The highest BCUT2D eigenvalue weighted by Gasteiger charge is 2.29. The minimum absolute atomic E-state index is 0.225. The van der Waals surface area contributed by atoms with E-state index in [1.807, 2.05) is 0 Å². The molecule has 0 saturated carbocycles. The highest BCUT2D eigenvalue weighted by Crippen LogP contribution is 2.44. The Hall–Kier alpha value is 0.230. The second kappa shape index (κ2) is 3.41. The van der Waals surface area contributed by atoms with E-state index in [4.69, 9.17) is 24.9 Å². The van der Waals surface area contributed by atoms with E-state index in [1.165, 1.54) is 0 Å². The lowest BCUT2D eigenvalue weighted by atomic mass is 10.5. The summed E-state index contributed by atoms with van der Waals surface area (Å²) in [6, 6.07) is 0. The van der Waals surface area contributed by atoms with Gasteiger partial charge in [-0.15, -0.1) is 0 Å². The fourth-order valence-electron chi connectivity index (χ4n) is 0.289. The Morgan fingerprint density at radius 3 is 1.67 bits per heavy atom. The van der Waals surface area contributed by atoms with Gasteiger partial charge < -0.3 is 10.2 Å². The maximum Gasteiger partial charge on any atom is 0.403 e. The molecular formula is C3H10O5P+. The Kier molecular flexibility index (Phi) is 3.50. The van der Waals surface area contributed by atoms with Crippen LogP contribution in [0.2, 0.25) is 0 Å². The monoisotopic (exact) mass is 157 g/mol. The van der Waals surface area contributed by atoms with Crippen LogP contribution in [0.1, 0.15) is 6.42 Å². The molecule has 0 atom stereocenters. The summed E-state index contributed by atoms with van der Waals surface area (Å²) < 4.78 is 0. The van der Waals surface area contributed by atoms with Gasteiger partial charge in [-0.1, -0.05) is 0 Å². The van der Waals surface area contributed by atoms with Gasteiger partial charge in [0.2, 0.25) is 0 Å². The minimum atomic E-state index is -3.79. The lowest BCUT2D eigenvalue weighted by molar-refractivity contribution is -0.0417. The quantitative estimate of drug-likeness (QED) is 0.251. The second-order valence-electron chi connectivity index (χ2n) is 1.69. The molecule has 0 heterocycles. The summed E-state index contributed by atoms with van der Waals surface area (Å²) in [5, 5.41) is 16.3. The summed E-state index contributed by atoms with van der Waals surface area (Å²) in [7, 11) is -3.79. The van der Waals surface area contributed by atoms with Crippen LogP contribution in [0.15, 0.2) is 0 Å². The van der Waals surface area contributed by atoms with Crippen LogP contribution in [-0.2, 0) is 0 Å². The van der Waals surface area contributed by atoms with Crippen molar-refractivity contribution in [2.45, 2.75) is 12.7 Å². The summed E-state index contributed by atoms with van der Waals surface area (Å²) in [5.41, 5.74) is 0. The second-order valence-corrected chi connectivity index (χ2v) is 3.52. The summed E-state index contributed by atoms with van der Waals surface area (Å²) >= 11 is 0. The van der Waals surface area contributed by atoms with Gasteiger partial charge in [0.15, 0.2) is 6.29 Å². The molecule has 0 bridgehead atoms. The van der Waals surface area contributed by atoms with Crippen molar-refractivity contribution in [3.63, 3.8) is 0 Å². The van der Waals surface area contributed by atoms with Crippen LogP contribution in [0, 0.1) is 0 Å². The van der Waals surface area contributed by atoms with Crippen molar-refractivity contribution in [3.8, 4) is 0 Å². The maximum atomic E-state index is 8.27. The standard InChI is InChI=1S/C3H10O5P/c4-3(5)1-2-9(6,7)8/h3-8H,1-2H2/q+1. The summed E-state index contributed by atoms with van der Waals surface area (Å²) in [6.45, 7) is 0. The first-order valence-corrected chi connectivity index (χ1v) is 4.17. The molecule has 9 heavy (non-hydrogen) atoms. The SMILES string of the molecule is OC(O)CC[P+](O)(O)O. The third-order valence-corrected chi connectivity index (χ3v) is 1.55. The zero-order valence-corrected chi connectivity index (χ0v) is 5.57. The Morgan fingerprint density at radius 1 is 1.11 bits per heavy atom. The summed E-state index contributed by atoms with van der Waals surface area (Å²) in [6.07, 6.45) is -2.18. The summed E-state index contributed by atoms with van der Waals surface area (Å²) in [4.78, 5) is 24.8. The first kappa shape index (κ1) is 9.23. The fraction of sp³-hybridized carbons (Fsp3) is 1.00. The topological polar surface area (TPSA) is 101 Å². The van der Waals surface area contributed by atoms with Crippen LogP contribution in [0.3, 0.4) is 0 Å². The van der Waals surface area contributed by atoms with Crippen molar-refractivity contribution < 1.29 is 24.9 Å². The number of hydrogen-bond donors (Lipinski definition) is 5. The van der Waals surface area contributed by atoms with Crippen molar-refractivity contribution in [2.75, 3.05) is 6.16 Å². The van der Waals surface area contributed by atoms with Gasteiger partial charge in [0.1, 0.15) is 6.16 Å². The largest absolute Gasteiger partial charge is 0.403 e. The Balaban J connectivity index is 3.28. The Bertz CT molecular complexity index is 76.8. The number of aliphatic hydroxyl groups is 2. The molecule has 0 aromatic heterocycles. The predicted molar refractivity (Wildman–Crippen MR) is 31.3 cm³/mol. The average Bonchev–Trinajstić information content (AvgIpc) is 1.59. The zero-order valence-electron chi connectivity index (χ0n) is 4.67. The van der Waals surface area contributed by atoms with Crippen LogP contribution in [0.5, 0.6) is 0 Å². The van der Waals surface area contributed by atoms with Gasteiger partial charge in [-0.05, 0) is 0 Å². The van der Waals surface area contributed by atoms with Gasteiger partial charge in [-0.2, -0.15) is 14.7 Å². The molecule has 0 saturated heterocycles. The van der Waals surface area contributed by atoms with Gasteiger partial charge in [-0.3, -0.25) is 0 Å². The molecule has 0 spiro atoms. The van der Waals surface area contributed by atoms with Crippen molar-refractivity contribution in [1.82, 2.24) is 0 Å². The van der Waals surface area contributed by atoms with Crippen LogP contribution >= 0.6 is 7.94 Å². The molecule has 6 heteroatoms. The number of rotatable bonds is 3. The van der Waals surface area contributed by atoms with Crippen molar-refractivity contribution >= 4 is 7.94 Å². The van der Waals surface area contributed by atoms with Gasteiger partial charge in [0.05, 0.1) is 0 Å². The smallest absolute Gasteiger partial charge is 0.368 e. The third-order valence-electron chi connectivity index (χ3n) is 0.687. The highest BCUT2D eigenvalue weighted by molar-refractivity contribution is 7.58. The molecule has 0 amide bonds. The van der Waals surface area contributed by atoms with E-state index in [0.717, 1.165) is 0 Å². The van der Waals surface area contributed by atoms with E-state index in [0.29, 0.717) is 0 Å². The first-order valence-electron chi connectivity index (χ1n) is 2.34. The van der Waals surface area contributed by atoms with Crippen LogP contribution in [0.4, 0.5) is 0 Å². The Labute approximate surface area is 52.8 Å². The van der Waals surface area contributed by atoms with E-state index >= 15 is 0 Å². The van der Waals surface area contributed by atoms with E-state index in [-0.39, 0.29) is 12.6 Å². The number of aliphatic hydroxyl groups excluding tert-OH is 1. The lowest BCUT2D eigenvalue weighted by Gasteiger charge is -2.03. The van der Waals surface area contributed by atoms with Gasteiger partial charge >= 0.3 is 7.94 Å². The molecular weight excluding hydrogens is 147 g/mol. The highest BCUT2D eigenvalue weighted by atomic mass is 31.2. The van der Waals surface area contributed by atoms with Crippen molar-refractivity contribution in [2.24, 2.45) is 0 Å². The molecule has 0 aliphatic heterocycles. The normalized spacial score (nSPS) is 12.7. The zero-order chi connectivity index (χ0) is 7.49. The van der Waals surface area contributed by atoms with E-state index in [9.17, 15) is 0 Å². The van der Waals surface area contributed by atoms with Gasteiger partial charge in [0, 0.05) is 6.42 Å². The van der Waals surface area contributed by atoms with Crippen molar-refractivity contribution in [1.29, 1.82) is 0 Å². The van der Waals surface area contributed by atoms with Crippen LogP contribution in [0.25, 0.3) is 0 Å². The maximum absolute atomic E-state index is 8.27. The van der Waals surface area contributed by atoms with Crippen LogP contribution in [-0.4, -0.2) is 37.3 Å². The summed E-state index contributed by atoms with van der Waals surface area (Å²) in [5.74, 6) is 0. The average molecular weight is 157 g/mol. The first-order chi connectivity index (χ1) is 3.92. The fourth-order valence-corrected chi connectivity index (χ4v) is 0.866. The molecule has 0 aromatic rings. The molecule has 5 nitrogen and oxygen atoms in total. The minimum Gasteiger partial charge on any atom is -0.368 e. The van der Waals surface area contributed by atoms with Gasteiger partial charge in [0.25, 0.3) is 0 Å².